The normalized spacial score (nSPS) is 12.2. The van der Waals surface area contributed by atoms with Gasteiger partial charge in [-0.05, 0) is 50.1 Å². The summed E-state index contributed by atoms with van der Waals surface area (Å²) in [6.45, 7) is 6.28. The van der Waals surface area contributed by atoms with Crippen molar-refractivity contribution in [2.24, 2.45) is 5.73 Å². The van der Waals surface area contributed by atoms with Crippen molar-refractivity contribution in [2.45, 2.75) is 31.7 Å². The zero-order valence-corrected chi connectivity index (χ0v) is 14.0. The third-order valence-corrected chi connectivity index (χ3v) is 4.62. The number of methoxy groups -OCH3 is 1. The molecular weight excluding hydrogens is 278 g/mol. The summed E-state index contributed by atoms with van der Waals surface area (Å²) in [4.78, 5) is 1.26. The molecule has 0 radical (unpaired) electrons. The summed E-state index contributed by atoms with van der Waals surface area (Å²) in [7, 11) is 1.71. The van der Waals surface area contributed by atoms with E-state index in [1.165, 1.54) is 21.6 Å². The second kappa shape index (κ2) is 7.01. The van der Waals surface area contributed by atoms with Gasteiger partial charge in [-0.2, -0.15) is 0 Å². The van der Waals surface area contributed by atoms with E-state index in [0.717, 1.165) is 17.1 Å². The maximum Gasteiger partial charge on any atom is 0.124 e. The Labute approximate surface area is 131 Å². The van der Waals surface area contributed by atoms with E-state index in [2.05, 4.69) is 57.2 Å². The molecule has 2 aromatic carbocycles. The lowest BCUT2D eigenvalue weighted by Crippen LogP contribution is -2.16. The molecule has 2 rings (SSSR count). The SMILES string of the molecule is COc1cc(C)cc(C)c1C(N)CSc1cccc(C)c1. The highest BCUT2D eigenvalue weighted by atomic mass is 32.2. The van der Waals surface area contributed by atoms with Gasteiger partial charge in [0.05, 0.1) is 7.11 Å². The Hall–Kier alpha value is -1.45. The summed E-state index contributed by atoms with van der Waals surface area (Å²) >= 11 is 1.79. The highest BCUT2D eigenvalue weighted by Crippen LogP contribution is 2.32. The van der Waals surface area contributed by atoms with Gasteiger partial charge < -0.3 is 10.5 Å². The van der Waals surface area contributed by atoms with Crippen LogP contribution in [0.3, 0.4) is 0 Å². The molecule has 0 fully saturated rings. The molecule has 1 atom stereocenters. The highest BCUT2D eigenvalue weighted by molar-refractivity contribution is 7.99. The van der Waals surface area contributed by atoms with E-state index in [9.17, 15) is 0 Å². The van der Waals surface area contributed by atoms with E-state index < -0.39 is 0 Å². The number of aryl methyl sites for hydroxylation is 3. The van der Waals surface area contributed by atoms with E-state index in [4.69, 9.17) is 10.5 Å². The lowest BCUT2D eigenvalue weighted by atomic mass is 9.99. The first kappa shape index (κ1) is 15.9. The Kier molecular flexibility index (Phi) is 5.32. The van der Waals surface area contributed by atoms with Crippen molar-refractivity contribution in [3.63, 3.8) is 0 Å². The molecule has 0 aliphatic rings. The van der Waals surface area contributed by atoms with Crippen LogP contribution in [0, 0.1) is 20.8 Å². The fourth-order valence-corrected chi connectivity index (χ4v) is 3.54. The van der Waals surface area contributed by atoms with Gasteiger partial charge in [0.15, 0.2) is 0 Å². The molecule has 2 nitrogen and oxygen atoms in total. The fraction of sp³-hybridized carbons (Fsp3) is 0.333. The molecule has 3 heteroatoms. The first-order valence-corrected chi connectivity index (χ1v) is 8.10. The van der Waals surface area contributed by atoms with Gasteiger partial charge in [-0.1, -0.05) is 23.8 Å². The lowest BCUT2D eigenvalue weighted by Gasteiger charge is -2.19. The van der Waals surface area contributed by atoms with Crippen LogP contribution in [0.25, 0.3) is 0 Å². The van der Waals surface area contributed by atoms with Gasteiger partial charge in [-0.3, -0.25) is 0 Å². The van der Waals surface area contributed by atoms with E-state index >= 15 is 0 Å². The molecule has 1 unspecified atom stereocenters. The van der Waals surface area contributed by atoms with Crippen LogP contribution < -0.4 is 10.5 Å². The monoisotopic (exact) mass is 301 g/mol. The lowest BCUT2D eigenvalue weighted by molar-refractivity contribution is 0.406. The van der Waals surface area contributed by atoms with Crippen molar-refractivity contribution in [1.29, 1.82) is 0 Å². The number of ether oxygens (including phenoxy) is 1. The largest absolute Gasteiger partial charge is 0.496 e. The molecule has 2 aromatic rings. The predicted molar refractivity (Wildman–Crippen MR) is 91.3 cm³/mol. The molecule has 0 aliphatic carbocycles. The van der Waals surface area contributed by atoms with Gasteiger partial charge in [0.1, 0.15) is 5.75 Å². The van der Waals surface area contributed by atoms with Crippen molar-refractivity contribution < 1.29 is 4.74 Å². The maximum absolute atomic E-state index is 6.41. The summed E-state index contributed by atoms with van der Waals surface area (Å²) in [5.74, 6) is 1.73. The van der Waals surface area contributed by atoms with Gasteiger partial charge >= 0.3 is 0 Å². The van der Waals surface area contributed by atoms with Crippen LogP contribution in [0.4, 0.5) is 0 Å². The summed E-state index contributed by atoms with van der Waals surface area (Å²) in [6.07, 6.45) is 0. The molecular formula is C18H23NOS. The number of hydrogen-bond donors (Lipinski definition) is 1. The van der Waals surface area contributed by atoms with Crippen LogP contribution >= 0.6 is 11.8 Å². The average Bonchev–Trinajstić information content (AvgIpc) is 2.44. The van der Waals surface area contributed by atoms with Crippen LogP contribution in [0.1, 0.15) is 28.3 Å². The molecule has 21 heavy (non-hydrogen) atoms. The molecule has 2 N–H and O–H groups in total. The average molecular weight is 301 g/mol. The van der Waals surface area contributed by atoms with Crippen molar-refractivity contribution in [3.05, 3.63) is 58.7 Å². The predicted octanol–water partition coefficient (Wildman–Crippen LogP) is 4.41. The smallest absolute Gasteiger partial charge is 0.124 e. The van der Waals surface area contributed by atoms with Gasteiger partial charge in [-0.25, -0.2) is 0 Å². The number of hydrogen-bond acceptors (Lipinski definition) is 3. The topological polar surface area (TPSA) is 35.2 Å². The van der Waals surface area contributed by atoms with Crippen LogP contribution in [0.5, 0.6) is 5.75 Å². The van der Waals surface area contributed by atoms with E-state index in [0.29, 0.717) is 0 Å². The molecule has 0 saturated carbocycles. The number of benzene rings is 2. The molecule has 0 saturated heterocycles. The number of nitrogens with two attached hydrogens (primary N) is 1. The summed E-state index contributed by atoms with van der Waals surface area (Å²) in [6, 6.07) is 12.7. The zero-order valence-electron chi connectivity index (χ0n) is 13.1. The van der Waals surface area contributed by atoms with Crippen LogP contribution in [0.15, 0.2) is 41.3 Å². The second-order valence-corrected chi connectivity index (χ2v) is 6.53. The Morgan fingerprint density at radius 3 is 2.52 bits per heavy atom. The summed E-state index contributed by atoms with van der Waals surface area (Å²) in [5.41, 5.74) is 11.2. The summed E-state index contributed by atoms with van der Waals surface area (Å²) < 4.78 is 5.51. The van der Waals surface area contributed by atoms with Gasteiger partial charge in [0.2, 0.25) is 0 Å². The highest BCUT2D eigenvalue weighted by Gasteiger charge is 2.15. The minimum atomic E-state index is -0.0361. The Morgan fingerprint density at radius 2 is 1.86 bits per heavy atom. The third-order valence-electron chi connectivity index (χ3n) is 3.50. The summed E-state index contributed by atoms with van der Waals surface area (Å²) in [5, 5.41) is 0. The second-order valence-electron chi connectivity index (χ2n) is 5.43. The van der Waals surface area contributed by atoms with Crippen molar-refractivity contribution in [2.75, 3.05) is 12.9 Å². The molecule has 0 bridgehead atoms. The number of rotatable bonds is 5. The van der Waals surface area contributed by atoms with Gasteiger partial charge in [0.25, 0.3) is 0 Å². The zero-order chi connectivity index (χ0) is 15.4. The van der Waals surface area contributed by atoms with E-state index in [1.54, 1.807) is 18.9 Å². The minimum absolute atomic E-state index is 0.0361. The van der Waals surface area contributed by atoms with Crippen LogP contribution in [0.2, 0.25) is 0 Å². The fourth-order valence-electron chi connectivity index (χ4n) is 2.56. The molecule has 0 aliphatic heterocycles. The molecule has 0 spiro atoms. The molecule has 0 heterocycles. The van der Waals surface area contributed by atoms with E-state index in [-0.39, 0.29) is 6.04 Å². The quantitative estimate of drug-likeness (QED) is 0.831. The maximum atomic E-state index is 6.41. The van der Waals surface area contributed by atoms with Gasteiger partial charge in [-0.15, -0.1) is 11.8 Å². The Morgan fingerprint density at radius 1 is 1.10 bits per heavy atom. The van der Waals surface area contributed by atoms with Crippen LogP contribution in [-0.2, 0) is 0 Å². The first-order chi connectivity index (χ1) is 10.0. The molecule has 112 valence electrons. The minimum Gasteiger partial charge on any atom is -0.496 e. The molecule has 0 amide bonds. The number of thioether (sulfide) groups is 1. The van der Waals surface area contributed by atoms with E-state index in [1.807, 2.05) is 0 Å². The first-order valence-electron chi connectivity index (χ1n) is 7.11. The Balaban J connectivity index is 2.15. The Bertz CT molecular complexity index is 625. The third kappa shape index (κ3) is 4.02. The van der Waals surface area contributed by atoms with Crippen LogP contribution in [-0.4, -0.2) is 12.9 Å². The van der Waals surface area contributed by atoms with Crippen molar-refractivity contribution >= 4 is 11.8 Å². The van der Waals surface area contributed by atoms with Crippen molar-refractivity contribution in [1.82, 2.24) is 0 Å². The van der Waals surface area contributed by atoms with Crippen molar-refractivity contribution in [3.8, 4) is 5.75 Å². The van der Waals surface area contributed by atoms with Gasteiger partial charge in [0, 0.05) is 22.3 Å². The molecule has 0 aromatic heterocycles. The standard InChI is InChI=1S/C18H23NOS/c1-12-6-5-7-15(9-12)21-11-16(19)18-14(3)8-13(2)10-17(18)20-4/h5-10,16H,11,19H2,1-4H3.